The third-order valence-corrected chi connectivity index (χ3v) is 3.65. The van der Waals surface area contributed by atoms with E-state index in [2.05, 4.69) is 20.5 Å². The minimum absolute atomic E-state index is 0.360. The van der Waals surface area contributed by atoms with Gasteiger partial charge >= 0.3 is 0 Å². The summed E-state index contributed by atoms with van der Waals surface area (Å²) in [5.41, 5.74) is 9.07. The molecule has 0 aliphatic rings. The third-order valence-electron chi connectivity index (χ3n) is 3.65. The fourth-order valence-electron chi connectivity index (χ4n) is 2.42. The summed E-state index contributed by atoms with van der Waals surface area (Å²) in [7, 11) is 0. The van der Waals surface area contributed by atoms with E-state index in [-0.39, 0.29) is 0 Å². The van der Waals surface area contributed by atoms with Crippen LogP contribution < -0.4 is 20.5 Å². The summed E-state index contributed by atoms with van der Waals surface area (Å²) in [5.74, 6) is 1.84. The molecule has 4 N–H and O–H groups in total. The number of aliphatic imine (C=N–C) groups is 1. The zero-order valence-electron chi connectivity index (χ0n) is 15.1. The number of aromatic amines is 1. The van der Waals surface area contributed by atoms with Gasteiger partial charge in [-0.15, -0.1) is 0 Å². The van der Waals surface area contributed by atoms with Gasteiger partial charge in [0.25, 0.3) is 0 Å². The average molecular weight is 345 g/mol. The van der Waals surface area contributed by atoms with Gasteiger partial charge in [-0.3, -0.25) is 10.1 Å². The Hall–Kier alpha value is -2.70. The van der Waals surface area contributed by atoms with E-state index in [0.717, 1.165) is 35.7 Å². The fraction of sp³-hybridized carbons (Fsp3) is 0.444. The van der Waals surface area contributed by atoms with E-state index in [9.17, 15) is 0 Å². The molecule has 1 aromatic carbocycles. The second-order valence-corrected chi connectivity index (χ2v) is 5.54. The molecular weight excluding hydrogens is 318 g/mol. The first-order valence-corrected chi connectivity index (χ1v) is 8.59. The van der Waals surface area contributed by atoms with Crippen LogP contribution in [-0.2, 0) is 6.42 Å². The maximum Gasteiger partial charge on any atom is 0.193 e. The topological polar surface area (TPSA) is 97.6 Å². The van der Waals surface area contributed by atoms with Gasteiger partial charge in [0.05, 0.1) is 25.1 Å². The number of guanidine groups is 1. The summed E-state index contributed by atoms with van der Waals surface area (Å²) >= 11 is 0. The van der Waals surface area contributed by atoms with Crippen LogP contribution in [-0.4, -0.2) is 35.9 Å². The van der Waals surface area contributed by atoms with E-state index in [1.807, 2.05) is 45.2 Å². The van der Waals surface area contributed by atoms with Gasteiger partial charge in [-0.25, -0.2) is 0 Å². The van der Waals surface area contributed by atoms with E-state index in [1.165, 1.54) is 5.56 Å². The molecule has 0 aliphatic carbocycles. The smallest absolute Gasteiger partial charge is 0.193 e. The number of rotatable bonds is 9. The van der Waals surface area contributed by atoms with Crippen molar-refractivity contribution in [1.29, 1.82) is 0 Å². The maximum atomic E-state index is 6.01. The Morgan fingerprint density at radius 3 is 2.76 bits per heavy atom. The molecule has 136 valence electrons. The number of ether oxygens (including phenoxy) is 2. The number of nitrogens with zero attached hydrogens (tertiary/aromatic N) is 2. The predicted molar refractivity (Wildman–Crippen MR) is 101 cm³/mol. The molecule has 0 bridgehead atoms. The maximum absolute atomic E-state index is 6.01. The number of hydrogen-bond acceptors (Lipinski definition) is 4. The molecule has 0 spiro atoms. The van der Waals surface area contributed by atoms with Gasteiger partial charge in [0, 0.05) is 18.3 Å². The van der Waals surface area contributed by atoms with Crippen molar-refractivity contribution in [2.45, 2.75) is 33.6 Å². The second-order valence-electron chi connectivity index (χ2n) is 5.54. The van der Waals surface area contributed by atoms with Gasteiger partial charge < -0.3 is 20.5 Å². The molecule has 7 heteroatoms. The Morgan fingerprint density at radius 2 is 2.08 bits per heavy atom. The third kappa shape index (κ3) is 5.70. The molecule has 0 radical (unpaired) electrons. The summed E-state index contributed by atoms with van der Waals surface area (Å²) in [6.45, 7) is 7.71. The van der Waals surface area contributed by atoms with Crippen LogP contribution in [0.15, 0.2) is 29.4 Å². The van der Waals surface area contributed by atoms with Crippen molar-refractivity contribution in [1.82, 2.24) is 10.2 Å². The number of aromatic nitrogens is 2. The SMILES string of the molecule is CCOc1ccc(OCC)c(NC(N)=NCCCc2cn[nH]c2C)c1. The number of nitrogens with one attached hydrogen (secondary N) is 2. The first kappa shape index (κ1) is 18.6. The predicted octanol–water partition coefficient (Wildman–Crippen LogP) is 2.87. The van der Waals surface area contributed by atoms with Crippen molar-refractivity contribution in [3.8, 4) is 11.5 Å². The molecular formula is C18H27N5O2. The lowest BCUT2D eigenvalue weighted by atomic mass is 10.1. The molecule has 2 rings (SSSR count). The highest BCUT2D eigenvalue weighted by molar-refractivity contribution is 5.94. The molecule has 0 aliphatic heterocycles. The Morgan fingerprint density at radius 1 is 1.28 bits per heavy atom. The average Bonchev–Trinajstić information content (AvgIpc) is 2.99. The Kier molecular flexibility index (Phi) is 7.13. The highest BCUT2D eigenvalue weighted by atomic mass is 16.5. The number of hydrogen-bond donors (Lipinski definition) is 3. The second kappa shape index (κ2) is 9.56. The lowest BCUT2D eigenvalue weighted by Crippen LogP contribution is -2.23. The van der Waals surface area contributed by atoms with Crippen LogP contribution in [0.3, 0.4) is 0 Å². The van der Waals surface area contributed by atoms with E-state index >= 15 is 0 Å². The monoisotopic (exact) mass is 345 g/mol. The van der Waals surface area contributed by atoms with Crippen LogP contribution in [0.25, 0.3) is 0 Å². The van der Waals surface area contributed by atoms with E-state index in [0.29, 0.717) is 25.7 Å². The summed E-state index contributed by atoms with van der Waals surface area (Å²) in [5, 5.41) is 10.1. The summed E-state index contributed by atoms with van der Waals surface area (Å²) in [4.78, 5) is 4.38. The van der Waals surface area contributed by atoms with Crippen molar-refractivity contribution in [2.24, 2.45) is 10.7 Å². The standard InChI is InChI=1S/C18H27N5O2/c1-4-24-15-8-9-17(25-5-2)16(11-15)22-18(19)20-10-6-7-14-12-21-23-13(14)3/h8-9,11-12H,4-7,10H2,1-3H3,(H,21,23)(H3,19,20,22). The fourth-order valence-corrected chi connectivity index (χ4v) is 2.42. The van der Waals surface area contributed by atoms with Crippen molar-refractivity contribution in [3.05, 3.63) is 35.7 Å². The van der Waals surface area contributed by atoms with Gasteiger partial charge in [-0.1, -0.05) is 0 Å². The van der Waals surface area contributed by atoms with Crippen molar-refractivity contribution < 1.29 is 9.47 Å². The van der Waals surface area contributed by atoms with Crippen molar-refractivity contribution in [2.75, 3.05) is 25.1 Å². The van der Waals surface area contributed by atoms with Crippen LogP contribution in [0.5, 0.6) is 11.5 Å². The van der Waals surface area contributed by atoms with E-state index in [4.69, 9.17) is 15.2 Å². The highest BCUT2D eigenvalue weighted by Gasteiger charge is 2.07. The molecule has 0 amide bonds. The molecule has 1 aromatic heterocycles. The number of nitrogens with two attached hydrogens (primary N) is 1. The van der Waals surface area contributed by atoms with Crippen LogP contribution in [0, 0.1) is 6.92 Å². The largest absolute Gasteiger partial charge is 0.494 e. The molecule has 0 fully saturated rings. The van der Waals surface area contributed by atoms with Gasteiger partial charge in [0.2, 0.25) is 0 Å². The van der Waals surface area contributed by atoms with Gasteiger partial charge in [-0.05, 0) is 51.3 Å². The van der Waals surface area contributed by atoms with Crippen molar-refractivity contribution >= 4 is 11.6 Å². The normalized spacial score (nSPS) is 11.4. The molecule has 1 heterocycles. The molecule has 0 saturated heterocycles. The summed E-state index contributed by atoms with van der Waals surface area (Å²) < 4.78 is 11.1. The van der Waals surface area contributed by atoms with Crippen LogP contribution in [0.2, 0.25) is 0 Å². The Bertz CT molecular complexity index is 697. The Balaban J connectivity index is 1.94. The first-order valence-electron chi connectivity index (χ1n) is 8.59. The number of anilines is 1. The molecule has 0 atom stereocenters. The molecule has 7 nitrogen and oxygen atoms in total. The number of aryl methyl sites for hydroxylation is 2. The van der Waals surface area contributed by atoms with Crippen LogP contribution in [0.1, 0.15) is 31.5 Å². The number of benzene rings is 1. The summed E-state index contributed by atoms with van der Waals surface area (Å²) in [6.07, 6.45) is 3.68. The van der Waals surface area contributed by atoms with E-state index < -0.39 is 0 Å². The van der Waals surface area contributed by atoms with Gasteiger partial charge in [0.1, 0.15) is 11.5 Å². The zero-order chi connectivity index (χ0) is 18.1. The number of H-pyrrole nitrogens is 1. The lowest BCUT2D eigenvalue weighted by molar-refractivity contribution is 0.332. The van der Waals surface area contributed by atoms with Gasteiger partial charge in [-0.2, -0.15) is 5.10 Å². The minimum Gasteiger partial charge on any atom is -0.494 e. The molecule has 2 aromatic rings. The minimum atomic E-state index is 0.360. The molecule has 0 saturated carbocycles. The molecule has 25 heavy (non-hydrogen) atoms. The lowest BCUT2D eigenvalue weighted by Gasteiger charge is -2.14. The zero-order valence-corrected chi connectivity index (χ0v) is 15.1. The highest BCUT2D eigenvalue weighted by Crippen LogP contribution is 2.29. The van der Waals surface area contributed by atoms with Crippen LogP contribution in [0.4, 0.5) is 5.69 Å². The van der Waals surface area contributed by atoms with Gasteiger partial charge in [0.15, 0.2) is 5.96 Å². The van der Waals surface area contributed by atoms with Crippen LogP contribution >= 0.6 is 0 Å². The quantitative estimate of drug-likeness (QED) is 0.369. The first-order chi connectivity index (χ1) is 12.1. The Labute approximate surface area is 148 Å². The molecule has 0 unspecified atom stereocenters. The van der Waals surface area contributed by atoms with E-state index in [1.54, 1.807) is 0 Å². The summed E-state index contributed by atoms with van der Waals surface area (Å²) in [6, 6.07) is 5.61. The van der Waals surface area contributed by atoms with Crippen molar-refractivity contribution in [3.63, 3.8) is 0 Å².